The molecule has 0 aliphatic heterocycles. The maximum Gasteiger partial charge on any atom is 0.305 e. The third kappa shape index (κ3) is 5.98. The number of nitrogens with one attached hydrogen (secondary N) is 1. The molecular weight excluding hydrogens is 370 g/mol. The lowest BCUT2D eigenvalue weighted by Gasteiger charge is -2.21. The van der Waals surface area contributed by atoms with E-state index < -0.39 is 12.0 Å². The number of rotatable bonds is 8. The number of amides is 1. The summed E-state index contributed by atoms with van der Waals surface area (Å²) in [7, 11) is 1.52. The first-order valence-corrected chi connectivity index (χ1v) is 9.59. The molecule has 6 heteroatoms. The molecule has 1 amide bonds. The molecule has 0 unspecified atom stereocenters. The van der Waals surface area contributed by atoms with Gasteiger partial charge in [-0.05, 0) is 47.7 Å². The second kappa shape index (κ2) is 9.45. The van der Waals surface area contributed by atoms with Gasteiger partial charge in [0.15, 0.2) is 11.5 Å². The summed E-state index contributed by atoms with van der Waals surface area (Å²) in [5, 5.41) is 12.1. The molecule has 2 rings (SSSR count). The standard InChI is InChI=1S/C23H29NO5/c1-6-29-19-12-9-16(13-20(19)28-5)18(14-21(25)26)24-22(27)15-7-10-17(11-8-15)23(2,3)4/h7-13,18H,6,14H2,1-5H3,(H,24,27)(H,25,26)/t18-/m1/s1. The van der Waals surface area contributed by atoms with Crippen molar-refractivity contribution in [2.75, 3.05) is 13.7 Å². The summed E-state index contributed by atoms with van der Waals surface area (Å²) in [6.45, 7) is 8.65. The second-order valence-electron chi connectivity index (χ2n) is 7.79. The number of benzene rings is 2. The van der Waals surface area contributed by atoms with Crippen LogP contribution >= 0.6 is 0 Å². The number of hydrogen-bond donors (Lipinski definition) is 2. The Labute approximate surface area is 171 Å². The number of hydrogen-bond acceptors (Lipinski definition) is 4. The van der Waals surface area contributed by atoms with Crippen molar-refractivity contribution >= 4 is 11.9 Å². The highest BCUT2D eigenvalue weighted by Crippen LogP contribution is 2.31. The van der Waals surface area contributed by atoms with E-state index in [0.29, 0.717) is 29.2 Å². The quantitative estimate of drug-likeness (QED) is 0.690. The highest BCUT2D eigenvalue weighted by Gasteiger charge is 2.21. The van der Waals surface area contributed by atoms with Gasteiger partial charge in [-0.1, -0.05) is 39.0 Å². The van der Waals surface area contributed by atoms with E-state index in [2.05, 4.69) is 26.1 Å². The summed E-state index contributed by atoms with van der Waals surface area (Å²) < 4.78 is 10.8. The smallest absolute Gasteiger partial charge is 0.305 e. The first-order valence-electron chi connectivity index (χ1n) is 9.59. The molecule has 0 radical (unpaired) electrons. The molecule has 0 bridgehead atoms. The average Bonchev–Trinajstić information content (AvgIpc) is 2.67. The molecule has 2 aromatic rings. The second-order valence-corrected chi connectivity index (χ2v) is 7.79. The minimum Gasteiger partial charge on any atom is -0.493 e. The van der Waals surface area contributed by atoms with Gasteiger partial charge in [-0.15, -0.1) is 0 Å². The monoisotopic (exact) mass is 399 g/mol. The summed E-state index contributed by atoms with van der Waals surface area (Å²) in [5.74, 6) is -0.281. The first kappa shape index (κ1) is 22.3. The van der Waals surface area contributed by atoms with Gasteiger partial charge in [0, 0.05) is 5.56 Å². The zero-order valence-corrected chi connectivity index (χ0v) is 17.6. The van der Waals surface area contributed by atoms with Crippen molar-refractivity contribution in [3.63, 3.8) is 0 Å². The molecule has 0 aliphatic rings. The van der Waals surface area contributed by atoms with Crippen molar-refractivity contribution in [2.45, 2.75) is 45.6 Å². The van der Waals surface area contributed by atoms with Crippen molar-refractivity contribution in [3.8, 4) is 11.5 Å². The van der Waals surface area contributed by atoms with Crippen LogP contribution in [0.2, 0.25) is 0 Å². The van der Waals surface area contributed by atoms with E-state index in [1.807, 2.05) is 19.1 Å². The van der Waals surface area contributed by atoms with E-state index in [-0.39, 0.29) is 17.7 Å². The molecule has 6 nitrogen and oxygen atoms in total. The lowest BCUT2D eigenvalue weighted by atomic mass is 9.86. The summed E-state index contributed by atoms with van der Waals surface area (Å²) in [6, 6.07) is 11.8. The van der Waals surface area contributed by atoms with Gasteiger partial charge in [0.25, 0.3) is 5.91 Å². The minimum atomic E-state index is -1.01. The van der Waals surface area contributed by atoms with Crippen LogP contribution in [-0.4, -0.2) is 30.7 Å². The lowest BCUT2D eigenvalue weighted by Crippen LogP contribution is -2.30. The summed E-state index contributed by atoms with van der Waals surface area (Å²) in [4.78, 5) is 24.1. The van der Waals surface area contributed by atoms with Gasteiger partial charge in [0.2, 0.25) is 0 Å². The third-order valence-electron chi connectivity index (χ3n) is 4.59. The Balaban J connectivity index is 2.26. The number of carbonyl (C=O) groups is 2. The Morgan fingerprint density at radius 3 is 2.24 bits per heavy atom. The average molecular weight is 399 g/mol. The Kier molecular flexibility index (Phi) is 7.26. The van der Waals surface area contributed by atoms with E-state index in [9.17, 15) is 14.7 Å². The zero-order valence-electron chi connectivity index (χ0n) is 17.6. The van der Waals surface area contributed by atoms with Crippen molar-refractivity contribution < 1.29 is 24.2 Å². The lowest BCUT2D eigenvalue weighted by molar-refractivity contribution is -0.137. The number of methoxy groups -OCH3 is 1. The van der Waals surface area contributed by atoms with Crippen molar-refractivity contribution in [3.05, 3.63) is 59.2 Å². The third-order valence-corrected chi connectivity index (χ3v) is 4.59. The Morgan fingerprint density at radius 1 is 1.07 bits per heavy atom. The SMILES string of the molecule is CCOc1ccc([C@@H](CC(=O)O)NC(=O)c2ccc(C(C)(C)C)cc2)cc1OC. The molecule has 0 saturated carbocycles. The summed E-state index contributed by atoms with van der Waals surface area (Å²) >= 11 is 0. The number of carboxylic acid groups (broad SMARTS) is 1. The molecule has 0 fully saturated rings. The number of carbonyl (C=O) groups excluding carboxylic acids is 1. The first-order chi connectivity index (χ1) is 13.7. The van der Waals surface area contributed by atoms with Crippen LogP contribution in [0.5, 0.6) is 11.5 Å². The van der Waals surface area contributed by atoms with Gasteiger partial charge < -0.3 is 19.9 Å². The Morgan fingerprint density at radius 2 is 1.72 bits per heavy atom. The highest BCUT2D eigenvalue weighted by molar-refractivity contribution is 5.94. The van der Waals surface area contributed by atoms with Gasteiger partial charge >= 0.3 is 5.97 Å². The minimum absolute atomic E-state index is 0.0142. The molecule has 0 spiro atoms. The van der Waals surface area contributed by atoms with Gasteiger partial charge in [-0.3, -0.25) is 9.59 Å². The predicted octanol–water partition coefficient (Wildman–Crippen LogP) is 4.34. The molecule has 2 N–H and O–H groups in total. The van der Waals surface area contributed by atoms with Crippen molar-refractivity contribution in [1.29, 1.82) is 0 Å². The summed E-state index contributed by atoms with van der Waals surface area (Å²) in [6.07, 6.45) is -0.247. The van der Waals surface area contributed by atoms with E-state index in [1.165, 1.54) is 7.11 Å². The Hall–Kier alpha value is -3.02. The van der Waals surface area contributed by atoms with Crippen LogP contribution in [-0.2, 0) is 10.2 Å². The van der Waals surface area contributed by atoms with Gasteiger partial charge in [0.1, 0.15) is 0 Å². The van der Waals surface area contributed by atoms with Crippen LogP contribution in [0.4, 0.5) is 0 Å². The summed E-state index contributed by atoms with van der Waals surface area (Å²) in [5.41, 5.74) is 2.21. The van der Waals surface area contributed by atoms with E-state index >= 15 is 0 Å². The Bertz CT molecular complexity index is 853. The van der Waals surface area contributed by atoms with Crippen LogP contribution in [0.25, 0.3) is 0 Å². The highest BCUT2D eigenvalue weighted by atomic mass is 16.5. The molecule has 29 heavy (non-hydrogen) atoms. The van der Waals surface area contributed by atoms with Crippen LogP contribution in [0.15, 0.2) is 42.5 Å². The van der Waals surface area contributed by atoms with Gasteiger partial charge in [-0.2, -0.15) is 0 Å². The van der Waals surface area contributed by atoms with Crippen LogP contribution in [0.1, 0.15) is 61.6 Å². The maximum absolute atomic E-state index is 12.7. The van der Waals surface area contributed by atoms with Crippen molar-refractivity contribution in [1.82, 2.24) is 5.32 Å². The fraction of sp³-hybridized carbons (Fsp3) is 0.391. The van der Waals surface area contributed by atoms with Crippen LogP contribution in [0.3, 0.4) is 0 Å². The van der Waals surface area contributed by atoms with E-state index in [4.69, 9.17) is 9.47 Å². The van der Waals surface area contributed by atoms with E-state index in [1.54, 1.807) is 30.3 Å². The van der Waals surface area contributed by atoms with Gasteiger partial charge in [-0.25, -0.2) is 0 Å². The van der Waals surface area contributed by atoms with Crippen LogP contribution in [0, 0.1) is 0 Å². The molecule has 1 atom stereocenters. The number of aliphatic carboxylic acids is 1. The normalized spacial score (nSPS) is 12.2. The fourth-order valence-corrected chi connectivity index (χ4v) is 2.97. The molecule has 0 saturated heterocycles. The number of ether oxygens (including phenoxy) is 2. The molecule has 2 aromatic carbocycles. The van der Waals surface area contributed by atoms with Crippen LogP contribution < -0.4 is 14.8 Å². The topological polar surface area (TPSA) is 84.9 Å². The van der Waals surface area contributed by atoms with E-state index in [0.717, 1.165) is 5.56 Å². The predicted molar refractivity (Wildman–Crippen MR) is 112 cm³/mol. The molecular formula is C23H29NO5. The maximum atomic E-state index is 12.7. The largest absolute Gasteiger partial charge is 0.493 e. The van der Waals surface area contributed by atoms with Crippen molar-refractivity contribution in [2.24, 2.45) is 0 Å². The number of carboxylic acids is 1. The molecule has 0 aliphatic carbocycles. The molecule has 0 heterocycles. The fourth-order valence-electron chi connectivity index (χ4n) is 2.97. The molecule has 156 valence electrons. The zero-order chi connectivity index (χ0) is 21.6. The molecule has 0 aromatic heterocycles. The van der Waals surface area contributed by atoms with Gasteiger partial charge in [0.05, 0.1) is 26.2 Å².